The molecule has 0 unspecified atom stereocenters. The zero-order valence-electron chi connectivity index (χ0n) is 11.2. The predicted molar refractivity (Wildman–Crippen MR) is 76.6 cm³/mol. The van der Waals surface area contributed by atoms with Gasteiger partial charge >= 0.3 is 0 Å². The van der Waals surface area contributed by atoms with Gasteiger partial charge in [-0.2, -0.15) is 0 Å². The summed E-state index contributed by atoms with van der Waals surface area (Å²) < 4.78 is 0. The molecule has 0 amide bonds. The van der Waals surface area contributed by atoms with E-state index in [-0.39, 0.29) is 0 Å². The van der Waals surface area contributed by atoms with E-state index < -0.39 is 0 Å². The van der Waals surface area contributed by atoms with Crippen molar-refractivity contribution in [1.82, 2.24) is 15.3 Å². The largest absolute Gasteiger partial charge is 0.348 e. The molecule has 1 atom stereocenters. The first kappa shape index (κ1) is 12.4. The van der Waals surface area contributed by atoms with Crippen LogP contribution in [-0.2, 0) is 6.54 Å². The number of rotatable bonds is 6. The number of hydrogen-bond donors (Lipinski definition) is 2. The lowest BCUT2D eigenvalue weighted by molar-refractivity contribution is 0.260. The maximum atomic E-state index is 4.28. The summed E-state index contributed by atoms with van der Waals surface area (Å²) in [6, 6.07) is 11.2. The lowest BCUT2D eigenvalue weighted by atomic mass is 9.79. The van der Waals surface area contributed by atoms with E-state index >= 15 is 0 Å². The van der Waals surface area contributed by atoms with Gasteiger partial charge in [0.15, 0.2) is 0 Å². The molecular weight excluding hydrogens is 234 g/mol. The summed E-state index contributed by atoms with van der Waals surface area (Å²) in [5, 5.41) is 3.64. The highest BCUT2D eigenvalue weighted by molar-refractivity contribution is 5.19. The Morgan fingerprint density at radius 3 is 2.74 bits per heavy atom. The number of hydrogen-bond acceptors (Lipinski definition) is 2. The van der Waals surface area contributed by atoms with E-state index in [9.17, 15) is 0 Å². The fraction of sp³-hybridized carbons (Fsp3) is 0.438. The molecule has 2 N–H and O–H groups in total. The molecule has 1 fully saturated rings. The Balaban J connectivity index is 1.65. The van der Waals surface area contributed by atoms with E-state index in [0.29, 0.717) is 6.04 Å². The zero-order valence-corrected chi connectivity index (χ0v) is 11.2. The fourth-order valence-corrected chi connectivity index (χ4v) is 2.70. The van der Waals surface area contributed by atoms with Gasteiger partial charge in [-0.05, 0) is 17.9 Å². The van der Waals surface area contributed by atoms with Crippen LogP contribution in [0.5, 0.6) is 0 Å². The van der Waals surface area contributed by atoms with Gasteiger partial charge in [0.05, 0.1) is 6.54 Å². The first-order valence-corrected chi connectivity index (χ1v) is 7.18. The summed E-state index contributed by atoms with van der Waals surface area (Å²) in [4.78, 5) is 7.43. The number of nitrogens with zero attached hydrogens (tertiary/aromatic N) is 1. The fourth-order valence-electron chi connectivity index (χ4n) is 2.70. The first-order chi connectivity index (χ1) is 9.42. The monoisotopic (exact) mass is 255 g/mol. The maximum absolute atomic E-state index is 4.28. The number of nitrogens with one attached hydrogen (secondary N) is 2. The highest BCUT2D eigenvalue weighted by atomic mass is 15.0. The van der Waals surface area contributed by atoms with Crippen molar-refractivity contribution >= 4 is 0 Å². The van der Waals surface area contributed by atoms with Crippen LogP contribution in [0.4, 0.5) is 0 Å². The molecule has 0 saturated heterocycles. The molecule has 0 radical (unpaired) electrons. The van der Waals surface area contributed by atoms with Gasteiger partial charge in [0, 0.05) is 18.4 Å². The van der Waals surface area contributed by atoms with Gasteiger partial charge < -0.3 is 10.3 Å². The second-order valence-corrected chi connectivity index (χ2v) is 5.41. The molecule has 0 aliphatic heterocycles. The number of benzene rings is 1. The van der Waals surface area contributed by atoms with Crippen molar-refractivity contribution in [3.05, 3.63) is 54.1 Å². The average molecular weight is 255 g/mol. The number of imidazole rings is 1. The molecule has 19 heavy (non-hydrogen) atoms. The van der Waals surface area contributed by atoms with Crippen molar-refractivity contribution in [2.45, 2.75) is 38.3 Å². The third kappa shape index (κ3) is 3.24. The quantitative estimate of drug-likeness (QED) is 0.830. The van der Waals surface area contributed by atoms with Gasteiger partial charge in [-0.3, -0.25) is 0 Å². The molecular formula is C16H21N3. The Hall–Kier alpha value is -1.61. The van der Waals surface area contributed by atoms with E-state index in [1.807, 2.05) is 6.20 Å². The summed E-state index contributed by atoms with van der Waals surface area (Å²) in [6.45, 7) is 0.805. The molecule has 3 nitrogen and oxygen atoms in total. The van der Waals surface area contributed by atoms with Crippen LogP contribution in [-0.4, -0.2) is 9.97 Å². The van der Waals surface area contributed by atoms with Crippen LogP contribution < -0.4 is 5.32 Å². The molecule has 3 heteroatoms. The molecule has 1 heterocycles. The Kier molecular flexibility index (Phi) is 3.94. The Labute approximate surface area is 114 Å². The van der Waals surface area contributed by atoms with Crippen LogP contribution >= 0.6 is 0 Å². The molecule has 0 bridgehead atoms. The molecule has 1 saturated carbocycles. The molecule has 100 valence electrons. The average Bonchev–Trinajstić information content (AvgIpc) is 2.91. The van der Waals surface area contributed by atoms with Crippen LogP contribution in [0.3, 0.4) is 0 Å². The summed E-state index contributed by atoms with van der Waals surface area (Å²) in [5.74, 6) is 1.91. The minimum Gasteiger partial charge on any atom is -0.348 e. The number of aromatic nitrogens is 2. The molecule has 1 aromatic carbocycles. The summed E-state index contributed by atoms with van der Waals surface area (Å²) in [6.07, 6.45) is 9.12. The SMILES string of the molecule is c1ccc([C@H](CC2CCC2)NCc2ncc[nH]2)cc1. The van der Waals surface area contributed by atoms with Crippen molar-refractivity contribution in [2.24, 2.45) is 5.92 Å². The first-order valence-electron chi connectivity index (χ1n) is 7.18. The topological polar surface area (TPSA) is 40.7 Å². The second-order valence-electron chi connectivity index (χ2n) is 5.41. The highest BCUT2D eigenvalue weighted by Gasteiger charge is 2.22. The third-order valence-electron chi connectivity index (χ3n) is 4.07. The van der Waals surface area contributed by atoms with Crippen molar-refractivity contribution in [3.8, 4) is 0 Å². The Morgan fingerprint density at radius 2 is 2.11 bits per heavy atom. The lowest BCUT2D eigenvalue weighted by Crippen LogP contribution is -2.26. The Morgan fingerprint density at radius 1 is 1.26 bits per heavy atom. The molecule has 0 spiro atoms. The van der Waals surface area contributed by atoms with Crippen molar-refractivity contribution in [1.29, 1.82) is 0 Å². The van der Waals surface area contributed by atoms with Gasteiger partial charge in [-0.25, -0.2) is 4.98 Å². The van der Waals surface area contributed by atoms with E-state index in [1.165, 1.54) is 31.2 Å². The van der Waals surface area contributed by atoms with Gasteiger partial charge in [0.25, 0.3) is 0 Å². The van der Waals surface area contributed by atoms with E-state index in [4.69, 9.17) is 0 Å². The molecule has 1 aliphatic rings. The molecule has 3 rings (SSSR count). The van der Waals surface area contributed by atoms with E-state index in [0.717, 1.165) is 18.3 Å². The normalized spacial score (nSPS) is 17.1. The smallest absolute Gasteiger partial charge is 0.120 e. The van der Waals surface area contributed by atoms with Gasteiger partial charge in [-0.1, -0.05) is 49.6 Å². The summed E-state index contributed by atoms with van der Waals surface area (Å²) in [5.41, 5.74) is 1.39. The van der Waals surface area contributed by atoms with Crippen molar-refractivity contribution in [2.75, 3.05) is 0 Å². The minimum atomic E-state index is 0.441. The molecule has 1 aromatic heterocycles. The molecule has 1 aliphatic carbocycles. The van der Waals surface area contributed by atoms with Crippen molar-refractivity contribution < 1.29 is 0 Å². The summed E-state index contributed by atoms with van der Waals surface area (Å²) in [7, 11) is 0. The highest BCUT2D eigenvalue weighted by Crippen LogP contribution is 2.34. The van der Waals surface area contributed by atoms with Crippen LogP contribution in [0.25, 0.3) is 0 Å². The van der Waals surface area contributed by atoms with Crippen molar-refractivity contribution in [3.63, 3.8) is 0 Å². The van der Waals surface area contributed by atoms with E-state index in [1.54, 1.807) is 6.20 Å². The van der Waals surface area contributed by atoms with Crippen LogP contribution in [0.1, 0.15) is 43.1 Å². The van der Waals surface area contributed by atoms with E-state index in [2.05, 4.69) is 45.6 Å². The maximum Gasteiger partial charge on any atom is 0.120 e. The van der Waals surface area contributed by atoms with Crippen LogP contribution in [0.15, 0.2) is 42.7 Å². The standard InChI is InChI=1S/C16H21N3/c1-2-7-14(8-3-1)15(11-13-5-4-6-13)19-12-16-17-9-10-18-16/h1-3,7-10,13,15,19H,4-6,11-12H2,(H,17,18)/t15-/m0/s1. The summed E-state index contributed by atoms with van der Waals surface area (Å²) >= 11 is 0. The Bertz CT molecular complexity index is 474. The number of H-pyrrole nitrogens is 1. The predicted octanol–water partition coefficient (Wildman–Crippen LogP) is 3.43. The van der Waals surface area contributed by atoms with Gasteiger partial charge in [0.1, 0.15) is 5.82 Å². The minimum absolute atomic E-state index is 0.441. The molecule has 2 aromatic rings. The lowest BCUT2D eigenvalue weighted by Gasteiger charge is -2.30. The van der Waals surface area contributed by atoms with Crippen LogP contribution in [0, 0.1) is 5.92 Å². The van der Waals surface area contributed by atoms with Gasteiger partial charge in [0.2, 0.25) is 0 Å². The third-order valence-corrected chi connectivity index (χ3v) is 4.07. The number of aromatic amines is 1. The van der Waals surface area contributed by atoms with Crippen LogP contribution in [0.2, 0.25) is 0 Å². The van der Waals surface area contributed by atoms with Gasteiger partial charge in [-0.15, -0.1) is 0 Å². The zero-order chi connectivity index (χ0) is 12.9. The second kappa shape index (κ2) is 6.02.